The first kappa shape index (κ1) is 24.8. The van der Waals surface area contributed by atoms with Gasteiger partial charge in [-0.1, -0.05) is 110 Å². The number of unbranched alkanes of at least 4 members (excludes halogenated alkanes) is 14. The van der Waals surface area contributed by atoms with Gasteiger partial charge in [0.1, 0.15) is 5.25 Å². The van der Waals surface area contributed by atoms with E-state index in [-0.39, 0.29) is 5.25 Å². The molecule has 0 aromatic carbocycles. The molecule has 0 rings (SSSR count). The third-order valence-corrected chi connectivity index (χ3v) is 6.28. The van der Waals surface area contributed by atoms with Gasteiger partial charge in [0.2, 0.25) is 0 Å². The summed E-state index contributed by atoms with van der Waals surface area (Å²) in [5.41, 5.74) is 0. The predicted molar refractivity (Wildman–Crippen MR) is 114 cm³/mol. The summed E-state index contributed by atoms with van der Waals surface area (Å²) in [5.74, 6) is 0.411. The van der Waals surface area contributed by atoms with Crippen molar-refractivity contribution in [2.24, 2.45) is 0 Å². The lowest BCUT2D eigenvalue weighted by atomic mass is 10.1. The molecule has 0 aromatic rings. The highest BCUT2D eigenvalue weighted by atomic mass is 32.2. The van der Waals surface area contributed by atoms with E-state index < -0.39 is 5.97 Å². The molecule has 150 valence electrons. The van der Waals surface area contributed by atoms with Crippen LogP contribution in [0.1, 0.15) is 123 Å². The van der Waals surface area contributed by atoms with Crippen molar-refractivity contribution in [1.82, 2.24) is 0 Å². The SMILES string of the molecule is CCCCCCCCCCCCSC(CCCCCCCC)C(=O)O. The molecule has 0 radical (unpaired) electrons. The van der Waals surface area contributed by atoms with Crippen LogP contribution < -0.4 is 0 Å². The van der Waals surface area contributed by atoms with E-state index in [0.717, 1.165) is 18.6 Å². The molecule has 3 heteroatoms. The Kier molecular flexibility index (Phi) is 20.0. The predicted octanol–water partition coefficient (Wildman–Crippen LogP) is 7.84. The van der Waals surface area contributed by atoms with E-state index >= 15 is 0 Å². The summed E-state index contributed by atoms with van der Waals surface area (Å²) in [6.45, 7) is 4.49. The lowest BCUT2D eigenvalue weighted by molar-refractivity contribution is -0.136. The zero-order valence-electron chi connectivity index (χ0n) is 17.1. The molecule has 0 fully saturated rings. The molecule has 1 atom stereocenters. The largest absolute Gasteiger partial charge is 0.480 e. The lowest BCUT2D eigenvalue weighted by Gasteiger charge is -2.12. The maximum Gasteiger partial charge on any atom is 0.316 e. The van der Waals surface area contributed by atoms with Crippen molar-refractivity contribution in [1.29, 1.82) is 0 Å². The van der Waals surface area contributed by atoms with Gasteiger partial charge in [0.05, 0.1) is 0 Å². The monoisotopic (exact) mass is 372 g/mol. The van der Waals surface area contributed by atoms with E-state index in [9.17, 15) is 9.90 Å². The molecule has 1 N–H and O–H groups in total. The molecule has 0 aliphatic heterocycles. The Morgan fingerprint density at radius 1 is 0.680 bits per heavy atom. The summed E-state index contributed by atoms with van der Waals surface area (Å²) in [5, 5.41) is 9.18. The maximum absolute atomic E-state index is 11.4. The zero-order chi connectivity index (χ0) is 18.6. The second kappa shape index (κ2) is 20.1. The normalized spacial score (nSPS) is 12.4. The molecule has 0 saturated heterocycles. The van der Waals surface area contributed by atoms with Crippen LogP contribution in [-0.2, 0) is 4.79 Å². The van der Waals surface area contributed by atoms with Gasteiger partial charge in [0.25, 0.3) is 0 Å². The van der Waals surface area contributed by atoms with Crippen LogP contribution in [0.3, 0.4) is 0 Å². The zero-order valence-corrected chi connectivity index (χ0v) is 17.9. The van der Waals surface area contributed by atoms with Crippen LogP contribution in [0.25, 0.3) is 0 Å². The van der Waals surface area contributed by atoms with Gasteiger partial charge in [-0.05, 0) is 18.6 Å². The molecule has 0 aliphatic rings. The van der Waals surface area contributed by atoms with Crippen LogP contribution in [0, 0.1) is 0 Å². The van der Waals surface area contributed by atoms with E-state index in [1.54, 1.807) is 11.8 Å². The number of carboxylic acid groups (broad SMARTS) is 1. The molecule has 2 nitrogen and oxygen atoms in total. The summed E-state index contributed by atoms with van der Waals surface area (Å²) in [7, 11) is 0. The first-order valence-electron chi connectivity index (χ1n) is 11.1. The lowest BCUT2D eigenvalue weighted by Crippen LogP contribution is -2.16. The first-order valence-corrected chi connectivity index (χ1v) is 12.1. The molecule has 0 aliphatic carbocycles. The van der Waals surface area contributed by atoms with Crippen molar-refractivity contribution in [2.45, 2.75) is 128 Å². The highest BCUT2D eigenvalue weighted by molar-refractivity contribution is 8.00. The Hall–Kier alpha value is -0.180. The highest BCUT2D eigenvalue weighted by Gasteiger charge is 2.16. The van der Waals surface area contributed by atoms with E-state index in [4.69, 9.17) is 0 Å². The number of hydrogen-bond acceptors (Lipinski definition) is 2. The number of aliphatic carboxylic acids is 1. The molecular formula is C22H44O2S. The maximum atomic E-state index is 11.4. The number of rotatable bonds is 20. The van der Waals surface area contributed by atoms with Gasteiger partial charge in [-0.2, -0.15) is 0 Å². The summed E-state index contributed by atoms with van der Waals surface area (Å²) >= 11 is 1.68. The van der Waals surface area contributed by atoms with Crippen LogP contribution in [0.4, 0.5) is 0 Å². The Morgan fingerprint density at radius 3 is 1.52 bits per heavy atom. The van der Waals surface area contributed by atoms with Crippen LogP contribution in [0.5, 0.6) is 0 Å². The summed E-state index contributed by atoms with van der Waals surface area (Å²) in [4.78, 5) is 11.4. The van der Waals surface area contributed by atoms with Crippen molar-refractivity contribution >= 4 is 17.7 Å². The minimum atomic E-state index is -0.606. The van der Waals surface area contributed by atoms with Crippen molar-refractivity contribution in [3.63, 3.8) is 0 Å². The van der Waals surface area contributed by atoms with Gasteiger partial charge in [0, 0.05) is 0 Å². The van der Waals surface area contributed by atoms with Crippen molar-refractivity contribution in [3.8, 4) is 0 Å². The Balaban J connectivity index is 3.44. The summed E-state index contributed by atoms with van der Waals surface area (Å²) in [6, 6.07) is 0. The number of carboxylic acids is 1. The number of carbonyl (C=O) groups is 1. The first-order chi connectivity index (χ1) is 12.2. The van der Waals surface area contributed by atoms with Crippen LogP contribution in [-0.4, -0.2) is 22.1 Å². The van der Waals surface area contributed by atoms with Crippen molar-refractivity contribution in [2.75, 3.05) is 5.75 Å². The molecule has 25 heavy (non-hydrogen) atoms. The van der Waals surface area contributed by atoms with Gasteiger partial charge in [-0.15, -0.1) is 11.8 Å². The quantitative estimate of drug-likeness (QED) is 0.221. The van der Waals surface area contributed by atoms with Gasteiger partial charge in [0.15, 0.2) is 0 Å². The second-order valence-electron chi connectivity index (χ2n) is 7.44. The minimum Gasteiger partial charge on any atom is -0.480 e. The number of thioether (sulfide) groups is 1. The smallest absolute Gasteiger partial charge is 0.316 e. The molecule has 0 bridgehead atoms. The fourth-order valence-corrected chi connectivity index (χ4v) is 4.33. The van der Waals surface area contributed by atoms with Crippen molar-refractivity contribution < 1.29 is 9.90 Å². The molecule has 0 heterocycles. The molecule has 1 unspecified atom stereocenters. The average molecular weight is 373 g/mol. The van der Waals surface area contributed by atoms with E-state index in [1.807, 2.05) is 0 Å². The summed E-state index contributed by atoms with van der Waals surface area (Å²) in [6.07, 6.45) is 21.7. The third kappa shape index (κ3) is 18.4. The Bertz CT molecular complexity index is 281. The summed E-state index contributed by atoms with van der Waals surface area (Å²) < 4.78 is 0. The molecule has 0 saturated carbocycles. The standard InChI is InChI=1S/C22H44O2S/c1-3-5-7-9-11-12-13-14-16-18-20-25-21(22(23)24)19-17-15-10-8-6-4-2/h21H,3-20H2,1-2H3,(H,23,24). The van der Waals surface area contributed by atoms with Gasteiger partial charge in [-0.25, -0.2) is 0 Å². The Morgan fingerprint density at radius 2 is 1.08 bits per heavy atom. The van der Waals surface area contributed by atoms with Gasteiger partial charge >= 0.3 is 5.97 Å². The van der Waals surface area contributed by atoms with Crippen LogP contribution in [0.15, 0.2) is 0 Å². The van der Waals surface area contributed by atoms with Crippen molar-refractivity contribution in [3.05, 3.63) is 0 Å². The highest BCUT2D eigenvalue weighted by Crippen LogP contribution is 2.21. The molecule has 0 amide bonds. The van der Waals surface area contributed by atoms with E-state index in [2.05, 4.69) is 13.8 Å². The van der Waals surface area contributed by atoms with Gasteiger partial charge < -0.3 is 5.11 Å². The number of hydrogen-bond donors (Lipinski definition) is 1. The molecular weight excluding hydrogens is 328 g/mol. The second-order valence-corrected chi connectivity index (χ2v) is 8.75. The fraction of sp³-hybridized carbons (Fsp3) is 0.955. The minimum absolute atomic E-state index is 0.176. The van der Waals surface area contributed by atoms with Crippen LogP contribution in [0.2, 0.25) is 0 Å². The third-order valence-electron chi connectivity index (χ3n) is 4.91. The van der Waals surface area contributed by atoms with Crippen LogP contribution >= 0.6 is 11.8 Å². The fourth-order valence-electron chi connectivity index (χ4n) is 3.20. The topological polar surface area (TPSA) is 37.3 Å². The van der Waals surface area contributed by atoms with E-state index in [0.29, 0.717) is 0 Å². The molecule has 0 spiro atoms. The van der Waals surface area contributed by atoms with E-state index in [1.165, 1.54) is 96.3 Å². The Labute approximate surface area is 161 Å². The van der Waals surface area contributed by atoms with Gasteiger partial charge in [-0.3, -0.25) is 4.79 Å². The average Bonchev–Trinajstić information content (AvgIpc) is 2.60. The molecule has 0 aromatic heterocycles.